The summed E-state index contributed by atoms with van der Waals surface area (Å²) in [6.07, 6.45) is 4.00. The molecule has 2 nitrogen and oxygen atoms in total. The Labute approximate surface area is 75.7 Å². The molecule has 1 rings (SSSR count). The van der Waals surface area contributed by atoms with Gasteiger partial charge in [-0.05, 0) is 24.7 Å². The van der Waals surface area contributed by atoms with E-state index in [1.807, 2.05) is 0 Å². The molecule has 12 heavy (non-hydrogen) atoms. The number of hydrogen-bond donors (Lipinski definition) is 1. The van der Waals surface area contributed by atoms with E-state index in [4.69, 9.17) is 4.74 Å². The van der Waals surface area contributed by atoms with Gasteiger partial charge in [-0.2, -0.15) is 0 Å². The monoisotopic (exact) mass is 171 g/mol. The molecule has 2 unspecified atom stereocenters. The summed E-state index contributed by atoms with van der Waals surface area (Å²) in [7, 11) is 1.78. The van der Waals surface area contributed by atoms with Crippen LogP contribution in [0.4, 0.5) is 0 Å². The van der Waals surface area contributed by atoms with Crippen LogP contribution in [0.25, 0.3) is 0 Å². The predicted molar refractivity (Wildman–Crippen MR) is 51.0 cm³/mol. The van der Waals surface area contributed by atoms with E-state index in [1.165, 1.54) is 12.8 Å². The lowest BCUT2D eigenvalue weighted by molar-refractivity contribution is 0.0159. The van der Waals surface area contributed by atoms with Gasteiger partial charge in [-0.1, -0.05) is 20.8 Å². The minimum absolute atomic E-state index is 0.281. The van der Waals surface area contributed by atoms with Crippen molar-refractivity contribution in [2.24, 2.45) is 5.41 Å². The van der Waals surface area contributed by atoms with Crippen molar-refractivity contribution >= 4 is 0 Å². The summed E-state index contributed by atoms with van der Waals surface area (Å²) in [4.78, 5) is 0. The molecular weight excluding hydrogens is 150 g/mol. The second kappa shape index (κ2) is 3.75. The van der Waals surface area contributed by atoms with Crippen LogP contribution in [0.2, 0.25) is 0 Å². The van der Waals surface area contributed by atoms with E-state index in [0.29, 0.717) is 11.5 Å². The van der Waals surface area contributed by atoms with Crippen molar-refractivity contribution in [2.75, 3.05) is 7.11 Å². The molecule has 0 aromatic heterocycles. The zero-order chi connectivity index (χ0) is 9.19. The first-order chi connectivity index (χ1) is 5.54. The minimum atomic E-state index is 0.281. The average Bonchev–Trinajstić information content (AvgIpc) is 2.03. The molecule has 0 spiro atoms. The van der Waals surface area contributed by atoms with Crippen molar-refractivity contribution < 1.29 is 4.74 Å². The van der Waals surface area contributed by atoms with Gasteiger partial charge in [0.1, 0.15) is 6.23 Å². The third-order valence-electron chi connectivity index (χ3n) is 2.68. The first-order valence-corrected chi connectivity index (χ1v) is 4.83. The maximum Gasteiger partial charge on any atom is 0.107 e. The predicted octanol–water partition coefficient (Wildman–Crippen LogP) is 2.15. The largest absolute Gasteiger partial charge is 0.367 e. The first-order valence-electron chi connectivity index (χ1n) is 4.83. The molecule has 0 amide bonds. The van der Waals surface area contributed by atoms with Crippen molar-refractivity contribution in [1.82, 2.24) is 5.32 Å². The summed E-state index contributed by atoms with van der Waals surface area (Å²) in [6.45, 7) is 6.84. The van der Waals surface area contributed by atoms with E-state index in [2.05, 4.69) is 26.1 Å². The number of hydrogen-bond acceptors (Lipinski definition) is 2. The fourth-order valence-corrected chi connectivity index (χ4v) is 1.77. The molecule has 1 aliphatic rings. The highest BCUT2D eigenvalue weighted by molar-refractivity contribution is 4.84. The van der Waals surface area contributed by atoms with Crippen LogP contribution in [-0.2, 0) is 4.74 Å². The molecule has 1 heterocycles. The molecule has 0 aromatic rings. The van der Waals surface area contributed by atoms with E-state index in [0.717, 1.165) is 6.42 Å². The summed E-state index contributed by atoms with van der Waals surface area (Å²) in [6, 6.07) is 0.608. The number of piperidine rings is 1. The van der Waals surface area contributed by atoms with Crippen LogP contribution in [0.15, 0.2) is 0 Å². The molecule has 2 heteroatoms. The van der Waals surface area contributed by atoms with Crippen LogP contribution in [0.1, 0.15) is 40.0 Å². The minimum Gasteiger partial charge on any atom is -0.367 e. The Kier molecular flexibility index (Phi) is 3.13. The van der Waals surface area contributed by atoms with Gasteiger partial charge < -0.3 is 4.74 Å². The number of rotatable bonds is 1. The van der Waals surface area contributed by atoms with Crippen molar-refractivity contribution in [3.8, 4) is 0 Å². The maximum atomic E-state index is 5.31. The summed E-state index contributed by atoms with van der Waals surface area (Å²) in [5.74, 6) is 0. The van der Waals surface area contributed by atoms with Crippen LogP contribution in [0.5, 0.6) is 0 Å². The fraction of sp³-hybridized carbons (Fsp3) is 1.00. The van der Waals surface area contributed by atoms with Gasteiger partial charge in [0.15, 0.2) is 0 Å². The SMILES string of the molecule is COC1CCCC(C(C)(C)C)N1. The highest BCUT2D eigenvalue weighted by Gasteiger charge is 2.29. The van der Waals surface area contributed by atoms with Gasteiger partial charge in [-0.3, -0.25) is 5.32 Å². The van der Waals surface area contributed by atoms with E-state index in [-0.39, 0.29) is 6.23 Å². The van der Waals surface area contributed by atoms with Gasteiger partial charge >= 0.3 is 0 Å². The quantitative estimate of drug-likeness (QED) is 0.652. The van der Waals surface area contributed by atoms with Gasteiger partial charge in [0.25, 0.3) is 0 Å². The second-order valence-electron chi connectivity index (χ2n) is 4.74. The Morgan fingerprint density at radius 2 is 1.92 bits per heavy atom. The van der Waals surface area contributed by atoms with Crippen molar-refractivity contribution in [3.63, 3.8) is 0 Å². The lowest BCUT2D eigenvalue weighted by atomic mass is 9.82. The van der Waals surface area contributed by atoms with Gasteiger partial charge in [-0.25, -0.2) is 0 Å². The van der Waals surface area contributed by atoms with Gasteiger partial charge in [0.05, 0.1) is 0 Å². The zero-order valence-corrected chi connectivity index (χ0v) is 8.68. The number of nitrogens with one attached hydrogen (secondary N) is 1. The molecule has 1 aliphatic heterocycles. The van der Waals surface area contributed by atoms with Crippen LogP contribution in [0, 0.1) is 5.41 Å². The number of ether oxygens (including phenoxy) is 1. The average molecular weight is 171 g/mol. The fourth-order valence-electron chi connectivity index (χ4n) is 1.77. The lowest BCUT2D eigenvalue weighted by Gasteiger charge is -2.38. The molecule has 2 atom stereocenters. The highest BCUT2D eigenvalue weighted by Crippen LogP contribution is 2.27. The molecular formula is C10H21NO. The Morgan fingerprint density at radius 1 is 1.25 bits per heavy atom. The van der Waals surface area contributed by atoms with Crippen LogP contribution < -0.4 is 5.32 Å². The summed E-state index contributed by atoms with van der Waals surface area (Å²) >= 11 is 0. The number of methoxy groups -OCH3 is 1. The molecule has 72 valence electrons. The molecule has 0 saturated carbocycles. The molecule has 1 saturated heterocycles. The topological polar surface area (TPSA) is 21.3 Å². The third kappa shape index (κ3) is 2.46. The zero-order valence-electron chi connectivity index (χ0n) is 8.68. The molecule has 0 bridgehead atoms. The Balaban J connectivity index is 2.46. The third-order valence-corrected chi connectivity index (χ3v) is 2.68. The molecule has 1 fully saturated rings. The van der Waals surface area contributed by atoms with Gasteiger partial charge in [-0.15, -0.1) is 0 Å². The van der Waals surface area contributed by atoms with Crippen molar-refractivity contribution in [2.45, 2.75) is 52.3 Å². The molecule has 0 aliphatic carbocycles. The van der Waals surface area contributed by atoms with Gasteiger partial charge in [0, 0.05) is 13.2 Å². The van der Waals surface area contributed by atoms with Crippen molar-refractivity contribution in [3.05, 3.63) is 0 Å². The van der Waals surface area contributed by atoms with Crippen LogP contribution in [0.3, 0.4) is 0 Å². The van der Waals surface area contributed by atoms with E-state index < -0.39 is 0 Å². The Bertz CT molecular complexity index is 139. The van der Waals surface area contributed by atoms with E-state index >= 15 is 0 Å². The first kappa shape index (κ1) is 10.0. The van der Waals surface area contributed by atoms with Gasteiger partial charge in [0.2, 0.25) is 0 Å². The molecule has 1 N–H and O–H groups in total. The summed E-state index contributed by atoms with van der Waals surface area (Å²) in [5, 5.41) is 3.52. The highest BCUT2D eigenvalue weighted by atomic mass is 16.5. The normalized spacial score (nSPS) is 32.0. The van der Waals surface area contributed by atoms with Crippen LogP contribution in [-0.4, -0.2) is 19.4 Å². The smallest absolute Gasteiger partial charge is 0.107 e. The summed E-state index contributed by atoms with van der Waals surface area (Å²) < 4.78 is 5.31. The molecule has 0 radical (unpaired) electrons. The lowest BCUT2D eigenvalue weighted by Crippen LogP contribution is -2.49. The second-order valence-corrected chi connectivity index (χ2v) is 4.74. The Morgan fingerprint density at radius 3 is 2.42 bits per heavy atom. The van der Waals surface area contributed by atoms with Crippen molar-refractivity contribution in [1.29, 1.82) is 0 Å². The summed E-state index contributed by atoms with van der Waals surface area (Å²) in [5.41, 5.74) is 0.358. The van der Waals surface area contributed by atoms with E-state index in [1.54, 1.807) is 7.11 Å². The standard InChI is InChI=1S/C10H21NO/c1-10(2,3)8-6-5-7-9(11-8)12-4/h8-9,11H,5-7H2,1-4H3. The van der Waals surface area contributed by atoms with Crippen LogP contribution >= 0.6 is 0 Å². The maximum absolute atomic E-state index is 5.31. The van der Waals surface area contributed by atoms with E-state index in [9.17, 15) is 0 Å². The Hall–Kier alpha value is -0.0800. The molecule has 0 aromatic carbocycles.